The minimum atomic E-state index is 0.409. The molecule has 0 saturated carbocycles. The molecule has 2 rings (SSSR count). The SMILES string of the molecule is CCNc1ncnc(Oc2cccc(CC)c2)c1OC. The van der Waals surface area contributed by atoms with E-state index in [1.807, 2.05) is 25.1 Å². The lowest BCUT2D eigenvalue weighted by Gasteiger charge is -2.12. The molecule has 1 aromatic heterocycles. The second kappa shape index (κ2) is 6.75. The molecule has 0 aliphatic rings. The largest absolute Gasteiger partial charge is 0.489 e. The molecule has 5 heteroatoms. The molecule has 1 heterocycles. The van der Waals surface area contributed by atoms with Gasteiger partial charge in [-0.2, -0.15) is 4.98 Å². The van der Waals surface area contributed by atoms with Crippen molar-refractivity contribution in [3.05, 3.63) is 36.2 Å². The van der Waals surface area contributed by atoms with E-state index >= 15 is 0 Å². The van der Waals surface area contributed by atoms with E-state index in [9.17, 15) is 0 Å². The third-order valence-corrected chi connectivity index (χ3v) is 2.84. The third kappa shape index (κ3) is 3.17. The smallest absolute Gasteiger partial charge is 0.268 e. The summed E-state index contributed by atoms with van der Waals surface area (Å²) >= 11 is 0. The Bertz CT molecular complexity index is 573. The van der Waals surface area contributed by atoms with Gasteiger partial charge in [-0.25, -0.2) is 4.98 Å². The lowest BCUT2D eigenvalue weighted by atomic mass is 10.2. The average Bonchev–Trinajstić information content (AvgIpc) is 2.48. The number of methoxy groups -OCH3 is 1. The fourth-order valence-electron chi connectivity index (χ4n) is 1.85. The molecule has 5 nitrogen and oxygen atoms in total. The molecule has 0 bridgehead atoms. The molecule has 20 heavy (non-hydrogen) atoms. The minimum absolute atomic E-state index is 0.409. The summed E-state index contributed by atoms with van der Waals surface area (Å²) in [4.78, 5) is 8.29. The summed E-state index contributed by atoms with van der Waals surface area (Å²) in [7, 11) is 1.58. The summed E-state index contributed by atoms with van der Waals surface area (Å²) in [5.74, 6) is 2.29. The van der Waals surface area contributed by atoms with Gasteiger partial charge in [0.1, 0.15) is 12.1 Å². The van der Waals surface area contributed by atoms with Crippen LogP contribution in [0.1, 0.15) is 19.4 Å². The van der Waals surface area contributed by atoms with Crippen molar-refractivity contribution in [2.45, 2.75) is 20.3 Å². The summed E-state index contributed by atoms with van der Waals surface area (Å²) in [6, 6.07) is 7.92. The lowest BCUT2D eigenvalue weighted by Crippen LogP contribution is -2.04. The lowest BCUT2D eigenvalue weighted by molar-refractivity contribution is 0.369. The highest BCUT2D eigenvalue weighted by molar-refractivity contribution is 5.55. The van der Waals surface area contributed by atoms with E-state index in [2.05, 4.69) is 28.3 Å². The molecular formula is C15H19N3O2. The number of hydrogen-bond donors (Lipinski definition) is 1. The Morgan fingerprint density at radius 2 is 2.05 bits per heavy atom. The summed E-state index contributed by atoms with van der Waals surface area (Å²) < 4.78 is 11.2. The van der Waals surface area contributed by atoms with Crippen LogP contribution in [-0.2, 0) is 6.42 Å². The van der Waals surface area contributed by atoms with Crippen molar-refractivity contribution in [1.29, 1.82) is 0 Å². The number of aromatic nitrogens is 2. The molecule has 1 aromatic carbocycles. The number of benzene rings is 1. The average molecular weight is 273 g/mol. The predicted octanol–water partition coefficient (Wildman–Crippen LogP) is 3.27. The highest BCUT2D eigenvalue weighted by Crippen LogP contribution is 2.34. The van der Waals surface area contributed by atoms with Crippen LogP contribution in [0.25, 0.3) is 0 Å². The Hall–Kier alpha value is -2.30. The van der Waals surface area contributed by atoms with Crippen LogP contribution in [0.5, 0.6) is 17.4 Å². The number of hydrogen-bond acceptors (Lipinski definition) is 5. The van der Waals surface area contributed by atoms with Gasteiger partial charge >= 0.3 is 0 Å². The number of ether oxygens (including phenoxy) is 2. The molecule has 0 aliphatic heterocycles. The van der Waals surface area contributed by atoms with Gasteiger partial charge in [-0.15, -0.1) is 0 Å². The zero-order valence-corrected chi connectivity index (χ0v) is 12.0. The normalized spacial score (nSPS) is 10.2. The van der Waals surface area contributed by atoms with E-state index in [4.69, 9.17) is 9.47 Å². The number of anilines is 1. The van der Waals surface area contributed by atoms with Crippen molar-refractivity contribution in [2.24, 2.45) is 0 Å². The summed E-state index contributed by atoms with van der Waals surface area (Å²) in [6.07, 6.45) is 2.42. The zero-order chi connectivity index (χ0) is 14.4. The number of nitrogens with zero attached hydrogens (tertiary/aromatic N) is 2. The highest BCUT2D eigenvalue weighted by Gasteiger charge is 2.13. The van der Waals surface area contributed by atoms with Crippen molar-refractivity contribution in [3.8, 4) is 17.4 Å². The van der Waals surface area contributed by atoms with E-state index in [1.54, 1.807) is 7.11 Å². The Kier molecular flexibility index (Phi) is 4.76. The van der Waals surface area contributed by atoms with Crippen LogP contribution in [0.4, 0.5) is 5.82 Å². The van der Waals surface area contributed by atoms with E-state index in [0.717, 1.165) is 18.7 Å². The van der Waals surface area contributed by atoms with E-state index in [-0.39, 0.29) is 0 Å². The van der Waals surface area contributed by atoms with Crippen LogP contribution < -0.4 is 14.8 Å². The summed E-state index contributed by atoms with van der Waals surface area (Å²) in [6.45, 7) is 4.85. The molecule has 0 amide bonds. The molecule has 0 radical (unpaired) electrons. The predicted molar refractivity (Wildman–Crippen MR) is 78.6 cm³/mol. The Morgan fingerprint density at radius 3 is 2.75 bits per heavy atom. The molecule has 0 unspecified atom stereocenters. The van der Waals surface area contributed by atoms with Crippen molar-refractivity contribution in [3.63, 3.8) is 0 Å². The van der Waals surface area contributed by atoms with Gasteiger partial charge in [-0.3, -0.25) is 0 Å². The summed E-state index contributed by atoms with van der Waals surface area (Å²) in [5, 5.41) is 3.12. The van der Waals surface area contributed by atoms with Gasteiger partial charge in [-0.1, -0.05) is 19.1 Å². The minimum Gasteiger partial charge on any atom is -0.489 e. The third-order valence-electron chi connectivity index (χ3n) is 2.84. The van der Waals surface area contributed by atoms with Crippen LogP contribution >= 0.6 is 0 Å². The molecule has 0 atom stereocenters. The first-order chi connectivity index (χ1) is 9.78. The molecule has 106 valence electrons. The van der Waals surface area contributed by atoms with Gasteiger partial charge in [0.25, 0.3) is 5.88 Å². The Labute approximate surface area is 119 Å². The number of nitrogens with one attached hydrogen (secondary N) is 1. The molecule has 0 fully saturated rings. The van der Waals surface area contributed by atoms with Gasteiger partial charge in [-0.05, 0) is 31.0 Å². The fourth-order valence-corrected chi connectivity index (χ4v) is 1.85. The van der Waals surface area contributed by atoms with Crippen LogP contribution in [0.3, 0.4) is 0 Å². The van der Waals surface area contributed by atoms with Crippen LogP contribution in [0.2, 0.25) is 0 Å². The maximum absolute atomic E-state index is 5.81. The molecular weight excluding hydrogens is 254 g/mol. The maximum Gasteiger partial charge on any atom is 0.268 e. The first-order valence-electron chi connectivity index (χ1n) is 6.68. The van der Waals surface area contributed by atoms with E-state index in [0.29, 0.717) is 17.4 Å². The standard InChI is InChI=1S/C15H19N3O2/c1-4-11-7-6-8-12(9-11)20-15-13(19-3)14(16-5-2)17-10-18-15/h6-10H,4-5H2,1-3H3,(H,16,17,18). The Morgan fingerprint density at radius 1 is 1.20 bits per heavy atom. The number of rotatable bonds is 6. The first-order valence-corrected chi connectivity index (χ1v) is 6.68. The van der Waals surface area contributed by atoms with E-state index in [1.165, 1.54) is 11.9 Å². The zero-order valence-electron chi connectivity index (χ0n) is 12.0. The topological polar surface area (TPSA) is 56.3 Å². The van der Waals surface area contributed by atoms with Gasteiger partial charge in [0.05, 0.1) is 7.11 Å². The molecule has 0 saturated heterocycles. The van der Waals surface area contributed by atoms with Crippen molar-refractivity contribution in [1.82, 2.24) is 9.97 Å². The molecule has 1 N–H and O–H groups in total. The second-order valence-electron chi connectivity index (χ2n) is 4.19. The van der Waals surface area contributed by atoms with Gasteiger partial charge in [0, 0.05) is 6.54 Å². The van der Waals surface area contributed by atoms with Crippen LogP contribution in [0, 0.1) is 0 Å². The monoisotopic (exact) mass is 273 g/mol. The summed E-state index contributed by atoms with van der Waals surface area (Å²) in [5.41, 5.74) is 1.21. The van der Waals surface area contributed by atoms with Crippen LogP contribution in [-0.4, -0.2) is 23.6 Å². The molecule has 0 aliphatic carbocycles. The molecule has 2 aromatic rings. The maximum atomic E-state index is 5.81. The Balaban J connectivity index is 2.30. The van der Waals surface area contributed by atoms with Gasteiger partial charge in [0.2, 0.25) is 5.75 Å². The van der Waals surface area contributed by atoms with Gasteiger partial charge in [0.15, 0.2) is 5.82 Å². The quantitative estimate of drug-likeness (QED) is 0.875. The first kappa shape index (κ1) is 14.1. The fraction of sp³-hybridized carbons (Fsp3) is 0.333. The van der Waals surface area contributed by atoms with Crippen LogP contribution in [0.15, 0.2) is 30.6 Å². The van der Waals surface area contributed by atoms with E-state index < -0.39 is 0 Å². The highest BCUT2D eigenvalue weighted by atomic mass is 16.5. The van der Waals surface area contributed by atoms with Crippen molar-refractivity contribution < 1.29 is 9.47 Å². The van der Waals surface area contributed by atoms with Gasteiger partial charge < -0.3 is 14.8 Å². The van der Waals surface area contributed by atoms with Crippen molar-refractivity contribution >= 4 is 5.82 Å². The molecule has 0 spiro atoms. The number of aryl methyl sites for hydroxylation is 1. The van der Waals surface area contributed by atoms with Crippen molar-refractivity contribution in [2.75, 3.05) is 19.0 Å². The second-order valence-corrected chi connectivity index (χ2v) is 4.19.